The molecule has 5 heteroatoms. The summed E-state index contributed by atoms with van der Waals surface area (Å²) < 4.78 is 5.76. The molecule has 0 radical (unpaired) electrons. The molecule has 0 spiro atoms. The van der Waals surface area contributed by atoms with E-state index in [1.165, 1.54) is 0 Å². The Labute approximate surface area is 142 Å². The van der Waals surface area contributed by atoms with Crippen LogP contribution in [0.1, 0.15) is 38.0 Å². The molecule has 0 bridgehead atoms. The van der Waals surface area contributed by atoms with E-state index >= 15 is 0 Å². The quantitative estimate of drug-likeness (QED) is 0.819. The minimum Gasteiger partial charge on any atom is -0.441 e. The molecule has 0 saturated heterocycles. The van der Waals surface area contributed by atoms with Crippen LogP contribution in [0.5, 0.6) is 0 Å². The number of aromatic nitrogens is 1. The highest BCUT2D eigenvalue weighted by atomic mass is 16.4. The van der Waals surface area contributed by atoms with Crippen molar-refractivity contribution in [2.24, 2.45) is 11.7 Å². The highest BCUT2D eigenvalue weighted by molar-refractivity contribution is 5.76. The lowest BCUT2D eigenvalue weighted by Gasteiger charge is -2.19. The number of nitrogens with zero attached hydrogens (tertiary/aromatic N) is 1. The topological polar surface area (TPSA) is 81.1 Å². The smallest absolute Gasteiger partial charge is 0.220 e. The molecule has 1 aromatic heterocycles. The van der Waals surface area contributed by atoms with Gasteiger partial charge in [0.15, 0.2) is 11.7 Å². The van der Waals surface area contributed by atoms with E-state index in [9.17, 15) is 4.79 Å². The third kappa shape index (κ3) is 4.23. The Bertz CT molecular complexity index is 654. The van der Waals surface area contributed by atoms with Crippen molar-refractivity contribution in [2.45, 2.75) is 44.6 Å². The van der Waals surface area contributed by atoms with Crippen LogP contribution in [0.3, 0.4) is 0 Å². The van der Waals surface area contributed by atoms with Gasteiger partial charge < -0.3 is 15.5 Å². The molecule has 1 amide bonds. The number of nitrogens with two attached hydrogens (primary N) is 1. The highest BCUT2D eigenvalue weighted by Gasteiger charge is 2.27. The predicted octanol–water partition coefficient (Wildman–Crippen LogP) is 2.91. The van der Waals surface area contributed by atoms with E-state index in [0.717, 1.165) is 37.0 Å². The fourth-order valence-electron chi connectivity index (χ4n) is 3.35. The Morgan fingerprint density at radius 1 is 1.29 bits per heavy atom. The predicted molar refractivity (Wildman–Crippen MR) is 93.2 cm³/mol. The number of carbonyl (C=O) groups is 1. The van der Waals surface area contributed by atoms with Gasteiger partial charge in [-0.3, -0.25) is 4.79 Å². The van der Waals surface area contributed by atoms with Crippen molar-refractivity contribution < 1.29 is 9.21 Å². The lowest BCUT2D eigenvalue weighted by atomic mass is 10.0. The van der Waals surface area contributed by atoms with Gasteiger partial charge in [0.2, 0.25) is 5.91 Å². The molecule has 1 fully saturated rings. The van der Waals surface area contributed by atoms with Gasteiger partial charge in [0, 0.05) is 24.4 Å². The summed E-state index contributed by atoms with van der Waals surface area (Å²) in [5.74, 6) is 2.00. The molecule has 1 aliphatic rings. The molecule has 1 aromatic carbocycles. The first-order valence-corrected chi connectivity index (χ1v) is 8.76. The van der Waals surface area contributed by atoms with E-state index in [-0.39, 0.29) is 11.9 Å². The summed E-state index contributed by atoms with van der Waals surface area (Å²) in [5, 5.41) is 3.13. The van der Waals surface area contributed by atoms with E-state index in [1.54, 1.807) is 6.20 Å². The number of hydrogen-bond acceptors (Lipinski definition) is 4. The van der Waals surface area contributed by atoms with E-state index < -0.39 is 0 Å². The summed E-state index contributed by atoms with van der Waals surface area (Å²) in [6.07, 6.45) is 6.98. The van der Waals surface area contributed by atoms with Gasteiger partial charge in [-0.15, -0.1) is 0 Å². The summed E-state index contributed by atoms with van der Waals surface area (Å²) in [6.45, 7) is 0.656. The van der Waals surface area contributed by atoms with Crippen molar-refractivity contribution in [3.8, 4) is 11.3 Å². The van der Waals surface area contributed by atoms with Crippen molar-refractivity contribution >= 4 is 5.91 Å². The third-order valence-corrected chi connectivity index (χ3v) is 4.71. The summed E-state index contributed by atoms with van der Waals surface area (Å²) in [7, 11) is 0. The monoisotopic (exact) mass is 327 g/mol. The normalized spacial score (nSPS) is 20.2. The molecule has 3 rings (SSSR count). The number of oxazole rings is 1. The van der Waals surface area contributed by atoms with Crippen LogP contribution in [-0.4, -0.2) is 23.5 Å². The molecule has 1 aliphatic carbocycles. The molecule has 0 aliphatic heterocycles. The number of nitrogens with one attached hydrogen (secondary N) is 1. The largest absolute Gasteiger partial charge is 0.441 e. The standard InChI is InChI=1S/C19H25N3O2/c20-12-15-8-4-9-16(15)22-18(23)10-5-11-19-21-13-17(24-19)14-6-2-1-3-7-14/h1-3,6-7,13,15-16H,4-5,8-12,20H2,(H,22,23). The molecule has 24 heavy (non-hydrogen) atoms. The maximum absolute atomic E-state index is 12.1. The Balaban J connectivity index is 1.43. The van der Waals surface area contributed by atoms with Gasteiger partial charge in [0.25, 0.3) is 0 Å². The number of benzene rings is 1. The summed E-state index contributed by atoms with van der Waals surface area (Å²) in [6, 6.07) is 10.2. The minimum absolute atomic E-state index is 0.107. The zero-order valence-corrected chi connectivity index (χ0v) is 13.9. The van der Waals surface area contributed by atoms with E-state index in [4.69, 9.17) is 10.2 Å². The maximum Gasteiger partial charge on any atom is 0.220 e. The lowest BCUT2D eigenvalue weighted by molar-refractivity contribution is -0.122. The van der Waals surface area contributed by atoms with Crippen LogP contribution in [0, 0.1) is 5.92 Å². The van der Waals surface area contributed by atoms with Crippen LogP contribution in [-0.2, 0) is 11.2 Å². The lowest BCUT2D eigenvalue weighted by Crippen LogP contribution is -2.39. The number of rotatable bonds is 7. The fourth-order valence-corrected chi connectivity index (χ4v) is 3.35. The van der Waals surface area contributed by atoms with Crippen LogP contribution < -0.4 is 11.1 Å². The summed E-state index contributed by atoms with van der Waals surface area (Å²) in [4.78, 5) is 16.4. The molecule has 2 aromatic rings. The van der Waals surface area contributed by atoms with Gasteiger partial charge >= 0.3 is 0 Å². The summed E-state index contributed by atoms with van der Waals surface area (Å²) in [5.41, 5.74) is 6.77. The molecular formula is C19H25N3O2. The Morgan fingerprint density at radius 3 is 2.92 bits per heavy atom. The SMILES string of the molecule is NCC1CCCC1NC(=O)CCCc1ncc(-c2ccccc2)o1. The Morgan fingerprint density at radius 2 is 2.12 bits per heavy atom. The van der Waals surface area contributed by atoms with Gasteiger partial charge in [-0.05, 0) is 31.7 Å². The second kappa shape index (κ2) is 8.11. The van der Waals surface area contributed by atoms with E-state index in [1.807, 2.05) is 30.3 Å². The average molecular weight is 327 g/mol. The van der Waals surface area contributed by atoms with Crippen LogP contribution >= 0.6 is 0 Å². The number of hydrogen-bond donors (Lipinski definition) is 2. The molecule has 3 N–H and O–H groups in total. The fraction of sp³-hybridized carbons (Fsp3) is 0.474. The first-order valence-electron chi connectivity index (χ1n) is 8.76. The second-order valence-corrected chi connectivity index (χ2v) is 6.44. The summed E-state index contributed by atoms with van der Waals surface area (Å²) >= 11 is 0. The van der Waals surface area contributed by atoms with Crippen LogP contribution in [0.25, 0.3) is 11.3 Å². The van der Waals surface area contributed by atoms with Gasteiger partial charge in [-0.2, -0.15) is 0 Å². The van der Waals surface area contributed by atoms with E-state index in [2.05, 4.69) is 10.3 Å². The molecule has 1 saturated carbocycles. The third-order valence-electron chi connectivity index (χ3n) is 4.71. The van der Waals surface area contributed by atoms with Crippen molar-refractivity contribution in [1.82, 2.24) is 10.3 Å². The number of aryl methyl sites for hydroxylation is 1. The highest BCUT2D eigenvalue weighted by Crippen LogP contribution is 2.25. The van der Waals surface area contributed by atoms with Gasteiger partial charge in [0.1, 0.15) is 0 Å². The number of amides is 1. The van der Waals surface area contributed by atoms with Gasteiger partial charge in [-0.1, -0.05) is 36.8 Å². The molecule has 2 atom stereocenters. The van der Waals surface area contributed by atoms with Gasteiger partial charge in [-0.25, -0.2) is 4.98 Å². The molecule has 5 nitrogen and oxygen atoms in total. The molecular weight excluding hydrogens is 302 g/mol. The van der Waals surface area contributed by atoms with Gasteiger partial charge in [0.05, 0.1) is 6.20 Å². The maximum atomic E-state index is 12.1. The first-order chi connectivity index (χ1) is 11.8. The van der Waals surface area contributed by atoms with Crippen molar-refractivity contribution in [3.05, 3.63) is 42.4 Å². The average Bonchev–Trinajstić information content (AvgIpc) is 3.25. The van der Waals surface area contributed by atoms with Crippen LogP contribution in [0.15, 0.2) is 40.9 Å². The molecule has 2 unspecified atom stereocenters. The zero-order valence-electron chi connectivity index (χ0n) is 13.9. The van der Waals surface area contributed by atoms with Crippen molar-refractivity contribution in [1.29, 1.82) is 0 Å². The Kier molecular flexibility index (Phi) is 5.64. The van der Waals surface area contributed by atoms with Crippen LogP contribution in [0.4, 0.5) is 0 Å². The Hall–Kier alpha value is -2.14. The zero-order chi connectivity index (χ0) is 16.8. The van der Waals surface area contributed by atoms with Crippen molar-refractivity contribution in [3.63, 3.8) is 0 Å². The van der Waals surface area contributed by atoms with E-state index in [0.29, 0.717) is 31.2 Å². The second-order valence-electron chi connectivity index (χ2n) is 6.44. The molecule has 1 heterocycles. The van der Waals surface area contributed by atoms with Crippen LogP contribution in [0.2, 0.25) is 0 Å². The van der Waals surface area contributed by atoms with Crippen molar-refractivity contribution in [2.75, 3.05) is 6.54 Å². The number of carbonyl (C=O) groups excluding carboxylic acids is 1. The minimum atomic E-state index is 0.107. The molecule has 128 valence electrons. The first kappa shape index (κ1) is 16.7.